The van der Waals surface area contributed by atoms with E-state index < -0.39 is 0 Å². The lowest BCUT2D eigenvalue weighted by Gasteiger charge is -2.19. The van der Waals surface area contributed by atoms with Crippen LogP contribution in [0.1, 0.15) is 252 Å². The van der Waals surface area contributed by atoms with Gasteiger partial charge in [-0.05, 0) is 223 Å². The largest absolute Gasteiger partial charge is 0.436 e. The molecule has 6 aromatic heterocycles. The molecule has 8 heterocycles. The van der Waals surface area contributed by atoms with Crippen LogP contribution in [0.2, 0.25) is 0 Å². The lowest BCUT2D eigenvalue weighted by molar-refractivity contribution is -0.131. The molecule has 0 bridgehead atoms. The first-order valence-corrected chi connectivity index (χ1v) is 46.3. The average Bonchev–Trinajstić information content (AvgIpc) is 1.63. The van der Waals surface area contributed by atoms with Crippen molar-refractivity contribution in [3.8, 4) is 40.0 Å². The summed E-state index contributed by atoms with van der Waals surface area (Å²) in [5.74, 6) is 2.70. The number of H-pyrrole nitrogens is 2. The van der Waals surface area contributed by atoms with Crippen LogP contribution in [-0.2, 0) is 85.6 Å². The molecule has 0 spiro atoms. The Bertz CT molecular complexity index is 6810. The van der Waals surface area contributed by atoms with Crippen LogP contribution in [0.4, 0.5) is 5.69 Å². The van der Waals surface area contributed by atoms with Crippen LogP contribution in [0, 0.1) is 6.92 Å². The number of aromatic nitrogens is 7. The lowest BCUT2D eigenvalue weighted by Crippen LogP contribution is -2.12. The summed E-state index contributed by atoms with van der Waals surface area (Å²) in [5, 5.41) is 6.80. The van der Waals surface area contributed by atoms with Crippen LogP contribution < -0.4 is 15.8 Å². The molecule has 1 aliphatic carbocycles. The van der Waals surface area contributed by atoms with Gasteiger partial charge in [0.2, 0.25) is 17.7 Å². The highest BCUT2D eigenvalue weighted by molar-refractivity contribution is 5.99. The molecule has 0 fully saturated rings. The zero-order valence-corrected chi connectivity index (χ0v) is 82.5. The fourth-order valence-electron chi connectivity index (χ4n) is 15.9. The number of nitrogens with one attached hydrogen (secondary N) is 3. The molecule has 2 aliphatic heterocycles. The monoisotopic (exact) mass is 1760 g/mol. The van der Waals surface area contributed by atoms with Crippen LogP contribution in [0.15, 0.2) is 267 Å². The first-order chi connectivity index (χ1) is 62.0. The summed E-state index contributed by atoms with van der Waals surface area (Å²) in [5.41, 5.74) is 30.2. The van der Waals surface area contributed by atoms with E-state index in [-0.39, 0.29) is 61.0 Å². The van der Waals surface area contributed by atoms with Gasteiger partial charge in [0.1, 0.15) is 22.6 Å². The number of nitrogens with zero attached hydrogens (tertiary/aromatic N) is 5. The van der Waals surface area contributed by atoms with Gasteiger partial charge in [0.25, 0.3) is 0 Å². The Morgan fingerprint density at radius 1 is 0.379 bits per heavy atom. The van der Waals surface area contributed by atoms with Gasteiger partial charge in [-0.25, -0.2) is 19.7 Å². The average molecular weight is 1760 g/mol. The van der Waals surface area contributed by atoms with Gasteiger partial charge in [-0.3, -0.25) is 19.1 Å². The number of hydrogen-bond acceptors (Lipinski definition) is 11. The van der Waals surface area contributed by atoms with Crippen LogP contribution >= 0.6 is 0 Å². The second-order valence-corrected chi connectivity index (χ2v) is 43.4. The first-order valence-electron chi connectivity index (χ1n) is 46.3. The molecule has 3 N–H and O–H groups in total. The van der Waals surface area contributed by atoms with E-state index in [0.717, 1.165) is 89.5 Å². The second kappa shape index (κ2) is 38.8. The van der Waals surface area contributed by atoms with Crippen LogP contribution in [0.3, 0.4) is 0 Å². The molecule has 0 saturated carbocycles. The Morgan fingerprint density at radius 3 is 1.45 bits per heavy atom. The van der Waals surface area contributed by atoms with Gasteiger partial charge in [0.05, 0.1) is 29.4 Å². The van der Waals surface area contributed by atoms with Gasteiger partial charge in [0.15, 0.2) is 16.7 Å². The zero-order valence-electron chi connectivity index (χ0n) is 82.5. The fraction of sp³-hybridized carbons (Fsp3) is 0.342. The Balaban J connectivity index is 0.000000129. The number of imidazole rings is 1. The molecule has 11 aromatic carbocycles. The molecule has 20 rings (SSSR count). The van der Waals surface area contributed by atoms with Crippen LogP contribution in [0.5, 0.6) is 5.75 Å². The number of rotatable bonds is 3. The summed E-state index contributed by atoms with van der Waals surface area (Å²) >= 11 is 0. The summed E-state index contributed by atoms with van der Waals surface area (Å²) in [6.07, 6.45) is 8.07. The smallest absolute Gasteiger partial charge is 0.419 e. The molecule has 0 atom stereocenters. The predicted octanol–water partition coefficient (Wildman–Crippen LogP) is 29.7. The molecular weight excluding hydrogens is 1630 g/mol. The third-order valence-corrected chi connectivity index (χ3v) is 24.4. The Hall–Kier alpha value is -13.0. The minimum Gasteiger partial charge on any atom is -0.436 e. The van der Waals surface area contributed by atoms with Crippen molar-refractivity contribution < 1.29 is 27.6 Å². The molecule has 684 valence electrons. The third-order valence-electron chi connectivity index (χ3n) is 24.4. The summed E-state index contributed by atoms with van der Waals surface area (Å²) in [6.45, 7) is 54.7. The van der Waals surface area contributed by atoms with Gasteiger partial charge in [-0.15, -0.1) is 0 Å². The van der Waals surface area contributed by atoms with Gasteiger partial charge in [-0.1, -0.05) is 318 Å². The number of oxazole rings is 3. The highest BCUT2D eigenvalue weighted by atomic mass is 16.5. The normalized spacial score (nSPS) is 13.2. The Kier molecular flexibility index (Phi) is 28.4. The number of fused-ring (bicyclic) bond motifs is 10. The van der Waals surface area contributed by atoms with E-state index >= 15 is 0 Å². The fourth-order valence-corrected chi connectivity index (χ4v) is 15.9. The number of aryl methyl sites for hydroxylation is 4. The van der Waals surface area contributed by atoms with E-state index in [9.17, 15) is 14.4 Å². The quantitative estimate of drug-likeness (QED) is 0.112. The highest BCUT2D eigenvalue weighted by Gasteiger charge is 2.28. The topological polar surface area (TPSA) is 200 Å². The molecular formula is C117H134N8O7. The van der Waals surface area contributed by atoms with Gasteiger partial charge in [-0.2, -0.15) is 0 Å². The Morgan fingerprint density at radius 2 is 0.856 bits per heavy atom. The predicted molar refractivity (Wildman–Crippen MR) is 547 cm³/mol. The molecule has 15 nitrogen and oxygen atoms in total. The number of carbonyl (C=O) groups is 2. The van der Waals surface area contributed by atoms with Crippen LogP contribution in [-0.4, -0.2) is 46.3 Å². The van der Waals surface area contributed by atoms with E-state index in [2.05, 4.69) is 330 Å². The summed E-state index contributed by atoms with van der Waals surface area (Å²) < 4.78 is 23.4. The molecule has 1 amide bonds. The molecule has 17 aromatic rings. The van der Waals surface area contributed by atoms with Gasteiger partial charge >= 0.3 is 11.7 Å². The number of amides is 1. The van der Waals surface area contributed by atoms with Crippen molar-refractivity contribution in [1.29, 1.82) is 0 Å². The van der Waals surface area contributed by atoms with E-state index in [1.165, 1.54) is 102 Å². The lowest BCUT2D eigenvalue weighted by atomic mass is 9.86. The molecule has 0 unspecified atom stereocenters. The van der Waals surface area contributed by atoms with Crippen molar-refractivity contribution in [2.45, 2.75) is 255 Å². The van der Waals surface area contributed by atoms with Crippen molar-refractivity contribution in [1.82, 2.24) is 34.5 Å². The highest BCUT2D eigenvalue weighted by Crippen LogP contribution is 2.39. The second-order valence-electron chi connectivity index (χ2n) is 43.4. The standard InChI is InChI=1S/C18H19NO.C17H18N2.C17H17NO.C16H21N.C13H15N.C12H15NO2.C12H15NO.C12H14O2/c1-12-7-5-6-8-14(12)17-19-15-11-13(18(2,3)4)9-10-16(15)20-17;1-17(2,3)13-9-10-14-15(11-13)19-16(18-14)12-7-5-4-6-8-12;1-17(2,3)13-9-10-15-14(11-13)18-16(19-15)12-7-5-4-6-8-12;1-16(2,3)11-8-9-13-12-6-4-5-7-14(12)17-15(13)10-11;1-13(2,3)12-8-10-6-4-5-7-11(10)9-14-12;1-12(2,3)8-5-6-10-9(7-8)13(4)11(14)15-10;1-12(2,3)9-5-4-8-6-11(14)13-10(8)7-9;1-12(2,3)9-5-4-8-6-11(13)14-10(8)7-9/h5-11H,1-4H3;4-11H,1-3H3,(H,18,19);4-11H,1-3H3;8-10,17H,4-7H2,1-3H3;4-9H,1-3H3;5-7H,1-4H3;4-5,7H,6H2,1-3H3,(H,13,14);4-5,7H,6H2,1-3H3. The first kappa shape index (κ1) is 96.5. The third kappa shape index (κ3) is 24.0. The molecule has 132 heavy (non-hydrogen) atoms. The number of aromatic amines is 2. The number of hydrogen-bond donors (Lipinski definition) is 3. The van der Waals surface area contributed by atoms with E-state index in [1.807, 2.05) is 128 Å². The molecule has 15 heteroatoms. The van der Waals surface area contributed by atoms with E-state index in [0.29, 0.717) is 30.2 Å². The van der Waals surface area contributed by atoms with Crippen molar-refractivity contribution in [2.24, 2.45) is 7.05 Å². The number of ether oxygens (including phenoxy) is 1. The summed E-state index contributed by atoms with van der Waals surface area (Å²) in [7, 11) is 1.72. The van der Waals surface area contributed by atoms with Gasteiger partial charge < -0.3 is 33.3 Å². The Labute approximate surface area is 780 Å². The maximum absolute atomic E-state index is 11.3. The van der Waals surface area contributed by atoms with Crippen molar-refractivity contribution in [3.63, 3.8) is 0 Å². The van der Waals surface area contributed by atoms with E-state index in [4.69, 9.17) is 18.0 Å². The summed E-state index contributed by atoms with van der Waals surface area (Å²) in [6, 6.07) is 82.9. The van der Waals surface area contributed by atoms with Gasteiger partial charge in [0, 0.05) is 74.3 Å². The number of benzene rings is 11. The zero-order chi connectivity index (χ0) is 95.4. The number of carbonyl (C=O) groups excluding carboxylic acids is 2. The number of esters is 1. The number of pyridine rings is 1. The van der Waals surface area contributed by atoms with Crippen LogP contribution in [0.25, 0.3) is 100 Å². The summed E-state index contributed by atoms with van der Waals surface area (Å²) in [4.78, 5) is 58.9. The molecule has 3 aliphatic rings. The van der Waals surface area contributed by atoms with Crippen molar-refractivity contribution in [3.05, 3.63) is 332 Å². The molecule has 0 radical (unpaired) electrons. The number of anilines is 1. The minimum absolute atomic E-state index is 0.0848. The maximum atomic E-state index is 11.3. The molecule has 0 saturated heterocycles. The van der Waals surface area contributed by atoms with Crippen molar-refractivity contribution >= 4 is 83.6 Å². The SMILES string of the molecule is CC(C)(C)c1cc2ccccc2cn1.CC(C)(C)c1ccc2c(c1)NC(=O)C2.CC(C)(C)c1ccc2c(c1)OC(=O)C2.CC(C)(C)c1ccc2c3c([nH]c2c1)CCCC3.CC(C)(C)c1ccc2nc(-c3ccccc3)[nH]c2c1.CC(C)(C)c1ccc2oc(-c3ccccc3)nc2c1.Cc1ccccc1-c1nc2cc(C(C)(C)C)ccc2o1.Cn1c(=O)oc2ccc(C(C)(C)C)cc21. The van der Waals surface area contributed by atoms with Crippen molar-refractivity contribution in [2.75, 3.05) is 5.32 Å². The van der Waals surface area contributed by atoms with E-state index in [1.54, 1.807) is 12.6 Å². The minimum atomic E-state index is -0.309. The maximum Gasteiger partial charge on any atom is 0.419 e.